The van der Waals surface area contributed by atoms with E-state index in [1.165, 1.54) is 16.9 Å². The predicted molar refractivity (Wildman–Crippen MR) is 91.7 cm³/mol. The van der Waals surface area contributed by atoms with E-state index in [0.717, 1.165) is 24.3 Å². The standard InChI is InChI=1S/C18H22N2O2S/c1-13-6-5-9-20(16(13)11-21)18(22)15-12-23-17(19-15)10-14-7-3-2-4-8-14/h2-4,7-8,12-13,16,21H,5-6,9-11H2,1H3. The Morgan fingerprint density at radius 2 is 2.17 bits per heavy atom. The molecule has 2 unspecified atom stereocenters. The second-order valence-electron chi connectivity index (χ2n) is 6.16. The van der Waals surface area contributed by atoms with Crippen molar-refractivity contribution in [3.05, 3.63) is 52.0 Å². The zero-order valence-corrected chi connectivity index (χ0v) is 14.1. The fourth-order valence-electron chi connectivity index (χ4n) is 3.19. The van der Waals surface area contributed by atoms with Crippen molar-refractivity contribution in [2.75, 3.05) is 13.2 Å². The molecule has 3 rings (SSSR count). The third-order valence-corrected chi connectivity index (χ3v) is 5.38. The van der Waals surface area contributed by atoms with Gasteiger partial charge >= 0.3 is 0 Å². The van der Waals surface area contributed by atoms with Crippen LogP contribution in [-0.4, -0.2) is 40.1 Å². The van der Waals surface area contributed by atoms with Crippen molar-refractivity contribution in [1.29, 1.82) is 0 Å². The molecule has 1 aliphatic heterocycles. The first-order chi connectivity index (χ1) is 11.2. The summed E-state index contributed by atoms with van der Waals surface area (Å²) in [6, 6.07) is 10.1. The van der Waals surface area contributed by atoms with Crippen molar-refractivity contribution in [3.63, 3.8) is 0 Å². The fraction of sp³-hybridized carbons (Fsp3) is 0.444. The fourth-order valence-corrected chi connectivity index (χ4v) is 3.99. The number of nitrogens with zero attached hydrogens (tertiary/aromatic N) is 2. The Morgan fingerprint density at radius 1 is 1.39 bits per heavy atom. The van der Waals surface area contributed by atoms with Gasteiger partial charge in [-0.2, -0.15) is 0 Å². The van der Waals surface area contributed by atoms with E-state index in [1.807, 2.05) is 23.6 Å². The highest BCUT2D eigenvalue weighted by atomic mass is 32.1. The lowest BCUT2D eigenvalue weighted by Crippen LogP contribution is -2.49. The molecular weight excluding hydrogens is 308 g/mol. The van der Waals surface area contributed by atoms with Gasteiger partial charge in [-0.15, -0.1) is 11.3 Å². The van der Waals surface area contributed by atoms with Crippen LogP contribution in [0.4, 0.5) is 0 Å². The minimum atomic E-state index is -0.0875. The van der Waals surface area contributed by atoms with Crippen LogP contribution in [0.5, 0.6) is 0 Å². The lowest BCUT2D eigenvalue weighted by Gasteiger charge is -2.38. The van der Waals surface area contributed by atoms with Crippen molar-refractivity contribution < 1.29 is 9.90 Å². The molecule has 1 aromatic heterocycles. The summed E-state index contributed by atoms with van der Waals surface area (Å²) in [4.78, 5) is 19.1. The molecule has 1 aliphatic rings. The first-order valence-electron chi connectivity index (χ1n) is 8.09. The smallest absolute Gasteiger partial charge is 0.273 e. The molecule has 122 valence electrons. The number of benzene rings is 1. The summed E-state index contributed by atoms with van der Waals surface area (Å²) < 4.78 is 0. The predicted octanol–water partition coefficient (Wildman–Crippen LogP) is 2.97. The van der Waals surface area contributed by atoms with Gasteiger partial charge in [0.05, 0.1) is 17.7 Å². The molecule has 0 radical (unpaired) electrons. The molecule has 2 heterocycles. The average Bonchev–Trinajstić information content (AvgIpc) is 3.03. The Hall–Kier alpha value is -1.72. The number of aromatic nitrogens is 1. The topological polar surface area (TPSA) is 53.4 Å². The second kappa shape index (κ2) is 7.23. The summed E-state index contributed by atoms with van der Waals surface area (Å²) in [6.45, 7) is 2.83. The highest BCUT2D eigenvalue weighted by Gasteiger charge is 2.32. The zero-order valence-electron chi connectivity index (χ0n) is 13.3. The minimum Gasteiger partial charge on any atom is -0.394 e. The highest BCUT2D eigenvalue weighted by molar-refractivity contribution is 7.09. The van der Waals surface area contributed by atoms with Gasteiger partial charge in [0, 0.05) is 18.3 Å². The van der Waals surface area contributed by atoms with Crippen LogP contribution in [0.1, 0.15) is 40.8 Å². The molecule has 5 heteroatoms. The first-order valence-corrected chi connectivity index (χ1v) is 8.97. The second-order valence-corrected chi connectivity index (χ2v) is 7.10. The van der Waals surface area contributed by atoms with Gasteiger partial charge in [0.15, 0.2) is 0 Å². The lowest BCUT2D eigenvalue weighted by atomic mass is 9.91. The molecule has 1 aromatic carbocycles. The van der Waals surface area contributed by atoms with E-state index < -0.39 is 0 Å². The summed E-state index contributed by atoms with van der Waals surface area (Å²) in [7, 11) is 0. The maximum Gasteiger partial charge on any atom is 0.273 e. The Kier molecular flexibility index (Phi) is 5.08. The van der Waals surface area contributed by atoms with Crippen LogP contribution < -0.4 is 0 Å². The van der Waals surface area contributed by atoms with Crippen molar-refractivity contribution in [2.45, 2.75) is 32.2 Å². The van der Waals surface area contributed by atoms with Crippen molar-refractivity contribution >= 4 is 17.2 Å². The quantitative estimate of drug-likeness (QED) is 0.938. The molecule has 0 spiro atoms. The van der Waals surface area contributed by atoms with Gasteiger partial charge < -0.3 is 10.0 Å². The van der Waals surface area contributed by atoms with E-state index in [-0.39, 0.29) is 18.6 Å². The number of hydrogen-bond acceptors (Lipinski definition) is 4. The van der Waals surface area contributed by atoms with Gasteiger partial charge in [0.1, 0.15) is 5.69 Å². The molecule has 2 aromatic rings. The summed E-state index contributed by atoms with van der Waals surface area (Å²) in [6.07, 6.45) is 2.80. The molecule has 1 saturated heterocycles. The van der Waals surface area contributed by atoms with E-state index in [9.17, 15) is 9.90 Å². The third kappa shape index (κ3) is 3.62. The van der Waals surface area contributed by atoms with Crippen LogP contribution in [0, 0.1) is 5.92 Å². The molecule has 0 aliphatic carbocycles. The number of likely N-dealkylation sites (tertiary alicyclic amines) is 1. The number of carbonyl (C=O) groups excluding carboxylic acids is 1. The molecule has 23 heavy (non-hydrogen) atoms. The SMILES string of the molecule is CC1CCCN(C(=O)c2csc(Cc3ccccc3)n2)C1CO. The first kappa shape index (κ1) is 16.1. The maximum atomic E-state index is 12.7. The van der Waals surface area contributed by atoms with E-state index in [0.29, 0.717) is 18.2 Å². The molecule has 0 bridgehead atoms. The molecule has 4 nitrogen and oxygen atoms in total. The zero-order chi connectivity index (χ0) is 16.2. The number of piperidine rings is 1. The number of amides is 1. The normalized spacial score (nSPS) is 21.4. The Balaban J connectivity index is 1.73. The van der Waals surface area contributed by atoms with E-state index in [4.69, 9.17) is 0 Å². The number of thiazole rings is 1. The van der Waals surface area contributed by atoms with Crippen LogP contribution in [-0.2, 0) is 6.42 Å². The maximum absolute atomic E-state index is 12.7. The summed E-state index contributed by atoms with van der Waals surface area (Å²) in [5, 5.41) is 12.4. The molecule has 1 fully saturated rings. The Morgan fingerprint density at radius 3 is 2.91 bits per heavy atom. The largest absolute Gasteiger partial charge is 0.394 e. The van der Waals surface area contributed by atoms with Crippen LogP contribution in [0.15, 0.2) is 35.7 Å². The Bertz CT molecular complexity index is 656. The Labute approximate surface area is 140 Å². The van der Waals surface area contributed by atoms with E-state index >= 15 is 0 Å². The summed E-state index contributed by atoms with van der Waals surface area (Å²) >= 11 is 1.53. The van der Waals surface area contributed by atoms with Gasteiger partial charge in [-0.25, -0.2) is 4.98 Å². The van der Waals surface area contributed by atoms with Crippen LogP contribution in [0.3, 0.4) is 0 Å². The molecular formula is C18H22N2O2S. The number of rotatable bonds is 4. The molecule has 1 N–H and O–H groups in total. The molecule has 0 saturated carbocycles. The van der Waals surface area contributed by atoms with Gasteiger partial charge in [0.2, 0.25) is 0 Å². The summed E-state index contributed by atoms with van der Waals surface area (Å²) in [5.74, 6) is 0.284. The lowest BCUT2D eigenvalue weighted by molar-refractivity contribution is 0.0354. The number of aliphatic hydroxyl groups is 1. The van der Waals surface area contributed by atoms with Crippen LogP contribution in [0.25, 0.3) is 0 Å². The van der Waals surface area contributed by atoms with Crippen molar-refractivity contribution in [2.24, 2.45) is 5.92 Å². The van der Waals surface area contributed by atoms with Gasteiger partial charge in [-0.05, 0) is 24.3 Å². The highest BCUT2D eigenvalue weighted by Crippen LogP contribution is 2.25. The number of aliphatic hydroxyl groups excluding tert-OH is 1. The third-order valence-electron chi connectivity index (χ3n) is 4.53. The summed E-state index contributed by atoms with van der Waals surface area (Å²) in [5.41, 5.74) is 1.70. The van der Waals surface area contributed by atoms with Crippen molar-refractivity contribution in [1.82, 2.24) is 9.88 Å². The minimum absolute atomic E-state index is 0.0217. The van der Waals surface area contributed by atoms with Gasteiger partial charge in [0.25, 0.3) is 5.91 Å². The number of carbonyl (C=O) groups is 1. The molecule has 2 atom stereocenters. The number of hydrogen-bond donors (Lipinski definition) is 1. The van der Waals surface area contributed by atoms with Crippen LogP contribution >= 0.6 is 11.3 Å². The van der Waals surface area contributed by atoms with Gasteiger partial charge in [-0.1, -0.05) is 37.3 Å². The van der Waals surface area contributed by atoms with Crippen molar-refractivity contribution in [3.8, 4) is 0 Å². The molecule has 1 amide bonds. The van der Waals surface area contributed by atoms with E-state index in [2.05, 4.69) is 24.0 Å². The monoisotopic (exact) mass is 330 g/mol. The van der Waals surface area contributed by atoms with E-state index in [1.54, 1.807) is 4.90 Å². The van der Waals surface area contributed by atoms with Gasteiger partial charge in [-0.3, -0.25) is 4.79 Å². The average molecular weight is 330 g/mol. The van der Waals surface area contributed by atoms with Crippen LogP contribution in [0.2, 0.25) is 0 Å².